The molecule has 88 valence electrons. The zero-order valence-corrected chi connectivity index (χ0v) is 10.6. The van der Waals surface area contributed by atoms with Gasteiger partial charge in [0.25, 0.3) is 0 Å². The van der Waals surface area contributed by atoms with E-state index in [1.54, 1.807) is 6.92 Å². The van der Waals surface area contributed by atoms with Crippen molar-refractivity contribution in [2.24, 2.45) is 0 Å². The van der Waals surface area contributed by atoms with E-state index < -0.39 is 21.1 Å². The van der Waals surface area contributed by atoms with E-state index in [-0.39, 0.29) is 16.6 Å². The molecular formula is C9H8BrFO4S. The number of ether oxygens (including phenoxy) is 1. The number of carbonyl (C=O) groups is 1. The van der Waals surface area contributed by atoms with Crippen molar-refractivity contribution in [2.75, 3.05) is 6.61 Å². The highest BCUT2D eigenvalue weighted by Crippen LogP contribution is 2.25. The van der Waals surface area contributed by atoms with Gasteiger partial charge in [-0.05, 0) is 41.1 Å². The van der Waals surface area contributed by atoms with Crippen LogP contribution in [0.1, 0.15) is 17.3 Å². The SMILES string of the molecule is CCOC(=O)c1ccc(Br)c(S(=O)(=O)F)c1. The van der Waals surface area contributed by atoms with Crippen LogP contribution in [0.5, 0.6) is 0 Å². The fraction of sp³-hybridized carbons (Fsp3) is 0.222. The maximum Gasteiger partial charge on any atom is 0.338 e. The normalized spacial score (nSPS) is 11.2. The van der Waals surface area contributed by atoms with E-state index in [1.165, 1.54) is 12.1 Å². The van der Waals surface area contributed by atoms with Gasteiger partial charge in [0.15, 0.2) is 0 Å². The predicted octanol–water partition coefficient (Wildman–Crippen LogP) is 2.28. The van der Waals surface area contributed by atoms with E-state index in [4.69, 9.17) is 0 Å². The van der Waals surface area contributed by atoms with Gasteiger partial charge in [-0.15, -0.1) is 3.89 Å². The van der Waals surface area contributed by atoms with Gasteiger partial charge >= 0.3 is 16.2 Å². The van der Waals surface area contributed by atoms with Gasteiger partial charge in [0.2, 0.25) is 0 Å². The van der Waals surface area contributed by atoms with Crippen LogP contribution in [0.15, 0.2) is 27.6 Å². The summed E-state index contributed by atoms with van der Waals surface area (Å²) in [7, 11) is -4.86. The monoisotopic (exact) mass is 310 g/mol. The summed E-state index contributed by atoms with van der Waals surface area (Å²) in [6, 6.07) is 3.55. The van der Waals surface area contributed by atoms with Gasteiger partial charge in [-0.1, -0.05) is 0 Å². The molecule has 0 aliphatic heterocycles. The Hall–Kier alpha value is -0.950. The number of hydrogen-bond acceptors (Lipinski definition) is 4. The Morgan fingerprint density at radius 1 is 1.50 bits per heavy atom. The molecular weight excluding hydrogens is 303 g/mol. The number of rotatable bonds is 3. The van der Waals surface area contributed by atoms with Crippen molar-refractivity contribution >= 4 is 32.1 Å². The van der Waals surface area contributed by atoms with Crippen LogP contribution in [0.4, 0.5) is 3.89 Å². The van der Waals surface area contributed by atoms with E-state index in [0.717, 1.165) is 6.07 Å². The van der Waals surface area contributed by atoms with Crippen molar-refractivity contribution in [1.29, 1.82) is 0 Å². The molecule has 0 fully saturated rings. The minimum Gasteiger partial charge on any atom is -0.462 e. The highest BCUT2D eigenvalue weighted by atomic mass is 79.9. The van der Waals surface area contributed by atoms with Gasteiger partial charge < -0.3 is 4.74 Å². The second-order valence-electron chi connectivity index (χ2n) is 2.80. The Kier molecular flexibility index (Phi) is 4.03. The van der Waals surface area contributed by atoms with E-state index in [2.05, 4.69) is 20.7 Å². The number of halogens is 2. The second kappa shape index (κ2) is 4.92. The fourth-order valence-corrected chi connectivity index (χ4v) is 2.43. The summed E-state index contributed by atoms with van der Waals surface area (Å²) in [5.74, 6) is -0.695. The van der Waals surface area contributed by atoms with Crippen LogP contribution in [-0.4, -0.2) is 21.0 Å². The number of benzene rings is 1. The third kappa shape index (κ3) is 3.02. The molecule has 0 atom stereocenters. The first kappa shape index (κ1) is 13.1. The Morgan fingerprint density at radius 3 is 2.62 bits per heavy atom. The number of carbonyl (C=O) groups excluding carboxylic acids is 1. The highest BCUT2D eigenvalue weighted by molar-refractivity contribution is 9.10. The molecule has 7 heteroatoms. The standard InChI is InChI=1S/C9H8BrFO4S/c1-2-15-9(12)6-3-4-7(10)8(5-6)16(11,13)14/h3-5H,2H2,1H3. The lowest BCUT2D eigenvalue weighted by molar-refractivity contribution is 0.0526. The summed E-state index contributed by atoms with van der Waals surface area (Å²) in [6.45, 7) is 1.77. The zero-order chi connectivity index (χ0) is 12.3. The van der Waals surface area contributed by atoms with Crippen molar-refractivity contribution in [2.45, 2.75) is 11.8 Å². The average Bonchev–Trinajstić information content (AvgIpc) is 2.16. The summed E-state index contributed by atoms with van der Waals surface area (Å²) in [4.78, 5) is 10.7. The smallest absolute Gasteiger partial charge is 0.338 e. The van der Waals surface area contributed by atoms with Crippen molar-refractivity contribution in [3.8, 4) is 0 Å². The average molecular weight is 311 g/mol. The van der Waals surface area contributed by atoms with Gasteiger partial charge in [0, 0.05) is 4.47 Å². The van der Waals surface area contributed by atoms with E-state index in [0.29, 0.717) is 0 Å². The first-order valence-electron chi connectivity index (χ1n) is 4.27. The lowest BCUT2D eigenvalue weighted by atomic mass is 10.2. The minimum absolute atomic E-state index is 0.0127. The van der Waals surface area contributed by atoms with Crippen molar-refractivity contribution in [3.05, 3.63) is 28.2 Å². The molecule has 0 aliphatic carbocycles. The molecule has 1 rings (SSSR count). The first-order chi connectivity index (χ1) is 7.36. The number of hydrogen-bond donors (Lipinski definition) is 0. The van der Waals surface area contributed by atoms with Crippen LogP contribution >= 0.6 is 15.9 Å². The molecule has 1 aromatic carbocycles. The summed E-state index contributed by atoms with van der Waals surface area (Å²) in [6.07, 6.45) is 0. The van der Waals surface area contributed by atoms with Crippen LogP contribution in [0.3, 0.4) is 0 Å². The summed E-state index contributed by atoms with van der Waals surface area (Å²) < 4.78 is 39.0. The Balaban J connectivity index is 3.23. The lowest BCUT2D eigenvalue weighted by Crippen LogP contribution is -2.06. The molecule has 0 aliphatic rings. The van der Waals surface area contributed by atoms with Gasteiger partial charge in [-0.25, -0.2) is 4.79 Å². The molecule has 0 N–H and O–H groups in total. The molecule has 1 aromatic rings. The third-order valence-corrected chi connectivity index (χ3v) is 3.52. The predicted molar refractivity (Wildman–Crippen MR) is 58.4 cm³/mol. The van der Waals surface area contributed by atoms with Crippen LogP contribution in [0.25, 0.3) is 0 Å². The summed E-state index contributed by atoms with van der Waals surface area (Å²) >= 11 is 2.88. The molecule has 0 bridgehead atoms. The second-order valence-corrected chi connectivity index (χ2v) is 4.97. The van der Waals surface area contributed by atoms with Crippen molar-refractivity contribution in [3.63, 3.8) is 0 Å². The zero-order valence-electron chi connectivity index (χ0n) is 8.24. The molecule has 0 unspecified atom stereocenters. The highest BCUT2D eigenvalue weighted by Gasteiger charge is 2.19. The first-order valence-corrected chi connectivity index (χ1v) is 6.45. The molecule has 0 heterocycles. The molecule has 4 nitrogen and oxygen atoms in total. The largest absolute Gasteiger partial charge is 0.462 e. The van der Waals surface area contributed by atoms with Gasteiger partial charge in [0.1, 0.15) is 4.90 Å². The maximum atomic E-state index is 12.8. The third-order valence-electron chi connectivity index (χ3n) is 1.71. The maximum absolute atomic E-state index is 12.8. The minimum atomic E-state index is -4.86. The van der Waals surface area contributed by atoms with Gasteiger partial charge in [-0.2, -0.15) is 8.42 Å². The molecule has 0 saturated carbocycles. The number of esters is 1. The van der Waals surface area contributed by atoms with E-state index in [1.807, 2.05) is 0 Å². The molecule has 0 aromatic heterocycles. The molecule has 16 heavy (non-hydrogen) atoms. The topological polar surface area (TPSA) is 60.4 Å². The van der Waals surface area contributed by atoms with Crippen molar-refractivity contribution < 1.29 is 21.8 Å². The van der Waals surface area contributed by atoms with Gasteiger partial charge in [0.05, 0.1) is 12.2 Å². The van der Waals surface area contributed by atoms with E-state index >= 15 is 0 Å². The fourth-order valence-electron chi connectivity index (χ4n) is 1.03. The molecule has 0 amide bonds. The Bertz CT molecular complexity index is 512. The van der Waals surface area contributed by atoms with E-state index in [9.17, 15) is 17.1 Å². The summed E-state index contributed by atoms with van der Waals surface area (Å²) in [5.41, 5.74) is -0.0127. The quantitative estimate of drug-likeness (QED) is 0.635. The van der Waals surface area contributed by atoms with Crippen molar-refractivity contribution in [1.82, 2.24) is 0 Å². The molecule has 0 radical (unpaired) electrons. The van der Waals surface area contributed by atoms with Crippen LogP contribution in [0.2, 0.25) is 0 Å². The Morgan fingerprint density at radius 2 is 2.12 bits per heavy atom. The molecule has 0 saturated heterocycles. The molecule has 0 spiro atoms. The van der Waals surface area contributed by atoms with Crippen LogP contribution in [-0.2, 0) is 15.0 Å². The lowest BCUT2D eigenvalue weighted by Gasteiger charge is -2.04. The Labute approximate surface area is 101 Å². The summed E-state index contributed by atoms with van der Waals surface area (Å²) in [5, 5.41) is 0. The van der Waals surface area contributed by atoms with Gasteiger partial charge in [-0.3, -0.25) is 0 Å². The van der Waals surface area contributed by atoms with Crippen LogP contribution < -0.4 is 0 Å². The van der Waals surface area contributed by atoms with Crippen LogP contribution in [0, 0.1) is 0 Å².